The summed E-state index contributed by atoms with van der Waals surface area (Å²) in [6, 6.07) is 30.5. The Morgan fingerprint density at radius 2 is 1.39 bits per heavy atom. The van der Waals surface area contributed by atoms with Crippen molar-refractivity contribution in [1.29, 1.82) is 0 Å². The lowest BCUT2D eigenvalue weighted by molar-refractivity contribution is -0.140. The summed E-state index contributed by atoms with van der Waals surface area (Å²) in [4.78, 5) is 29.8. The summed E-state index contributed by atoms with van der Waals surface area (Å²) in [7, 11) is -1.35. The second-order valence-corrected chi connectivity index (χ2v) is 12.6. The highest BCUT2D eigenvalue weighted by molar-refractivity contribution is 7.92. The van der Waals surface area contributed by atoms with E-state index in [-0.39, 0.29) is 35.2 Å². The van der Waals surface area contributed by atoms with Gasteiger partial charge >= 0.3 is 0 Å². The summed E-state index contributed by atoms with van der Waals surface area (Å²) in [6.07, 6.45) is 1.93. The number of benzene rings is 4. The zero-order valence-electron chi connectivity index (χ0n) is 26.5. The maximum absolute atomic E-state index is 14.6. The van der Waals surface area contributed by atoms with E-state index in [1.165, 1.54) is 31.3 Å². The molecular formula is C36H41N3O6S. The molecule has 0 radical (unpaired) electrons. The zero-order chi connectivity index (χ0) is 32.9. The molecule has 0 spiro atoms. The fraction of sp³-hybridized carbons (Fsp3) is 0.278. The molecule has 0 saturated heterocycles. The Morgan fingerprint density at radius 1 is 0.783 bits per heavy atom. The summed E-state index contributed by atoms with van der Waals surface area (Å²) in [5.41, 5.74) is 1.87. The molecule has 2 amide bonds. The molecule has 9 nitrogen and oxygen atoms in total. The van der Waals surface area contributed by atoms with E-state index in [9.17, 15) is 18.0 Å². The molecule has 4 aromatic carbocycles. The Balaban J connectivity index is 1.80. The molecule has 0 aliphatic rings. The van der Waals surface area contributed by atoms with Gasteiger partial charge in [0.05, 0.1) is 24.8 Å². The van der Waals surface area contributed by atoms with Gasteiger partial charge in [0.15, 0.2) is 0 Å². The van der Waals surface area contributed by atoms with Gasteiger partial charge in [-0.2, -0.15) is 0 Å². The molecule has 1 N–H and O–H groups in total. The number of hydrogen-bond donors (Lipinski definition) is 1. The van der Waals surface area contributed by atoms with Crippen molar-refractivity contribution in [2.24, 2.45) is 0 Å². The molecule has 46 heavy (non-hydrogen) atoms. The number of hydrogen-bond acceptors (Lipinski definition) is 6. The minimum Gasteiger partial charge on any atom is -0.497 e. The molecule has 4 aromatic rings. The average Bonchev–Trinajstić information content (AvgIpc) is 3.09. The largest absolute Gasteiger partial charge is 0.497 e. The van der Waals surface area contributed by atoms with Crippen LogP contribution in [0.25, 0.3) is 0 Å². The van der Waals surface area contributed by atoms with Gasteiger partial charge < -0.3 is 19.7 Å². The molecular weight excluding hydrogens is 602 g/mol. The third-order valence-corrected chi connectivity index (χ3v) is 9.35. The van der Waals surface area contributed by atoms with E-state index < -0.39 is 28.5 Å². The monoisotopic (exact) mass is 643 g/mol. The highest BCUT2D eigenvalue weighted by Crippen LogP contribution is 2.33. The Hall–Kier alpha value is -4.83. The minimum absolute atomic E-state index is 0.0280. The van der Waals surface area contributed by atoms with Crippen LogP contribution in [0, 0.1) is 0 Å². The van der Waals surface area contributed by atoms with Crippen LogP contribution in [-0.4, -0.2) is 58.5 Å². The second kappa shape index (κ2) is 16.5. The molecule has 0 unspecified atom stereocenters. The molecule has 0 fully saturated rings. The Kier molecular flexibility index (Phi) is 12.2. The van der Waals surface area contributed by atoms with Crippen LogP contribution in [0.15, 0.2) is 114 Å². The molecule has 10 heteroatoms. The molecule has 4 rings (SSSR count). The van der Waals surface area contributed by atoms with E-state index in [2.05, 4.69) is 5.32 Å². The van der Waals surface area contributed by atoms with E-state index in [1.54, 1.807) is 36.4 Å². The maximum Gasteiger partial charge on any atom is 0.264 e. The van der Waals surface area contributed by atoms with Gasteiger partial charge in [0.25, 0.3) is 10.0 Å². The van der Waals surface area contributed by atoms with Gasteiger partial charge in [0, 0.05) is 19.5 Å². The van der Waals surface area contributed by atoms with Crippen LogP contribution in [0.4, 0.5) is 5.69 Å². The number of carbonyl (C=O) groups is 2. The minimum atomic E-state index is -4.29. The number of unbranched alkanes of at least 4 members (excludes halogenated alkanes) is 1. The van der Waals surface area contributed by atoms with E-state index in [0.29, 0.717) is 12.3 Å². The number of nitrogens with one attached hydrogen (secondary N) is 1. The first kappa shape index (κ1) is 34.1. The van der Waals surface area contributed by atoms with Crippen molar-refractivity contribution in [3.63, 3.8) is 0 Å². The number of methoxy groups -OCH3 is 2. The van der Waals surface area contributed by atoms with Gasteiger partial charge in [0.2, 0.25) is 11.8 Å². The molecule has 0 saturated carbocycles. The number of sulfonamides is 1. The summed E-state index contributed by atoms with van der Waals surface area (Å²) < 4.78 is 40.3. The van der Waals surface area contributed by atoms with Crippen molar-refractivity contribution in [1.82, 2.24) is 10.2 Å². The first-order chi connectivity index (χ1) is 22.3. The Bertz CT molecular complexity index is 1670. The molecule has 0 aliphatic carbocycles. The second-order valence-electron chi connectivity index (χ2n) is 10.7. The van der Waals surface area contributed by atoms with E-state index in [1.807, 2.05) is 67.6 Å². The first-order valence-electron chi connectivity index (χ1n) is 15.2. The molecule has 0 bridgehead atoms. The third-order valence-electron chi connectivity index (χ3n) is 7.58. The lowest BCUT2D eigenvalue weighted by Crippen LogP contribution is -2.53. The lowest BCUT2D eigenvalue weighted by Gasteiger charge is -2.34. The van der Waals surface area contributed by atoms with Crippen LogP contribution in [0.3, 0.4) is 0 Å². The van der Waals surface area contributed by atoms with Crippen molar-refractivity contribution in [3.05, 3.63) is 120 Å². The van der Waals surface area contributed by atoms with Gasteiger partial charge in [-0.25, -0.2) is 8.42 Å². The number of anilines is 1. The molecule has 0 heterocycles. The van der Waals surface area contributed by atoms with Crippen LogP contribution in [0.5, 0.6) is 11.5 Å². The SMILES string of the molecule is CCCCNC(=O)[C@H](Cc1ccccc1)N(Cc1ccccc1)C(=O)CN(c1ccccc1OC)S(=O)(=O)c1ccc(OC)cc1. The van der Waals surface area contributed by atoms with Crippen molar-refractivity contribution in [3.8, 4) is 11.5 Å². The van der Waals surface area contributed by atoms with Gasteiger partial charge in [0.1, 0.15) is 24.1 Å². The number of nitrogens with zero attached hydrogens (tertiary/aromatic N) is 2. The van der Waals surface area contributed by atoms with E-state index in [4.69, 9.17) is 9.47 Å². The van der Waals surface area contributed by atoms with Gasteiger partial charge in [-0.3, -0.25) is 13.9 Å². The molecule has 242 valence electrons. The molecule has 0 aromatic heterocycles. The number of amides is 2. The number of ether oxygens (including phenoxy) is 2. The molecule has 1 atom stereocenters. The fourth-order valence-corrected chi connectivity index (χ4v) is 6.49. The number of carbonyl (C=O) groups excluding carboxylic acids is 2. The third kappa shape index (κ3) is 8.66. The van der Waals surface area contributed by atoms with E-state index in [0.717, 1.165) is 28.3 Å². The van der Waals surface area contributed by atoms with Crippen molar-refractivity contribution in [2.45, 2.75) is 43.7 Å². The summed E-state index contributed by atoms with van der Waals surface area (Å²) in [5.74, 6) is -0.0762. The lowest BCUT2D eigenvalue weighted by atomic mass is 10.0. The zero-order valence-corrected chi connectivity index (χ0v) is 27.3. The van der Waals surface area contributed by atoms with Crippen LogP contribution < -0.4 is 19.1 Å². The summed E-state index contributed by atoms with van der Waals surface area (Å²) >= 11 is 0. The Labute approximate surface area is 271 Å². The van der Waals surface area contributed by atoms with Crippen LogP contribution in [0.1, 0.15) is 30.9 Å². The predicted octanol–water partition coefficient (Wildman–Crippen LogP) is 5.46. The van der Waals surface area contributed by atoms with Crippen LogP contribution in [0.2, 0.25) is 0 Å². The number of rotatable bonds is 16. The first-order valence-corrected chi connectivity index (χ1v) is 16.7. The van der Waals surface area contributed by atoms with Gasteiger partial charge in [-0.05, 0) is 53.9 Å². The topological polar surface area (TPSA) is 105 Å². The smallest absolute Gasteiger partial charge is 0.264 e. The summed E-state index contributed by atoms with van der Waals surface area (Å²) in [6.45, 7) is 2.03. The highest BCUT2D eigenvalue weighted by atomic mass is 32.2. The van der Waals surface area contributed by atoms with Gasteiger partial charge in [-0.1, -0.05) is 86.1 Å². The fourth-order valence-electron chi connectivity index (χ4n) is 5.06. The number of para-hydroxylation sites is 2. The van der Waals surface area contributed by atoms with Crippen LogP contribution >= 0.6 is 0 Å². The van der Waals surface area contributed by atoms with Crippen molar-refractivity contribution >= 4 is 27.5 Å². The maximum atomic E-state index is 14.6. The van der Waals surface area contributed by atoms with Crippen molar-refractivity contribution in [2.75, 3.05) is 31.6 Å². The Morgan fingerprint density at radius 3 is 2.00 bits per heavy atom. The molecule has 0 aliphatic heterocycles. The van der Waals surface area contributed by atoms with Gasteiger partial charge in [-0.15, -0.1) is 0 Å². The predicted molar refractivity (Wildman–Crippen MR) is 179 cm³/mol. The normalized spacial score (nSPS) is 11.7. The highest BCUT2D eigenvalue weighted by Gasteiger charge is 2.35. The van der Waals surface area contributed by atoms with Crippen molar-refractivity contribution < 1.29 is 27.5 Å². The van der Waals surface area contributed by atoms with Crippen LogP contribution in [-0.2, 0) is 32.6 Å². The summed E-state index contributed by atoms with van der Waals surface area (Å²) in [5, 5.41) is 3.00. The van der Waals surface area contributed by atoms with E-state index >= 15 is 0 Å². The standard InChI is InChI=1S/C36H41N3O6S/c1-4-5-24-37-36(41)33(25-28-14-8-6-9-15-28)38(26-29-16-10-7-11-17-29)35(40)27-39(32-18-12-13-19-34(32)45-3)46(42,43)31-22-20-30(44-2)21-23-31/h6-23,33H,4-5,24-27H2,1-3H3,(H,37,41)/t33-/m0/s1. The average molecular weight is 644 g/mol. The quantitative estimate of drug-likeness (QED) is 0.163.